The lowest BCUT2D eigenvalue weighted by molar-refractivity contribution is -0.114. The molecule has 0 heterocycles. The summed E-state index contributed by atoms with van der Waals surface area (Å²) >= 11 is 12.8. The van der Waals surface area contributed by atoms with Crippen molar-refractivity contribution in [3.05, 3.63) is 74.3 Å². The van der Waals surface area contributed by atoms with Crippen molar-refractivity contribution in [1.29, 1.82) is 15.8 Å². The van der Waals surface area contributed by atoms with E-state index in [1.165, 1.54) is 6.07 Å². The average Bonchev–Trinajstić information content (AvgIpc) is 2.72. The quantitative estimate of drug-likeness (QED) is 0.357. The molecule has 0 spiro atoms. The fourth-order valence-corrected chi connectivity index (χ4v) is 3.14. The molecule has 6 heteroatoms. The third kappa shape index (κ3) is 5.95. The van der Waals surface area contributed by atoms with Crippen molar-refractivity contribution >= 4 is 35.1 Å². The zero-order chi connectivity index (χ0) is 22.9. The predicted molar refractivity (Wildman–Crippen MR) is 121 cm³/mol. The number of hydrogen-bond donors (Lipinski definition) is 0. The number of carbonyl (C=O) groups excluding carboxylic acids is 1. The van der Waals surface area contributed by atoms with Gasteiger partial charge in [0.15, 0.2) is 5.78 Å². The highest BCUT2D eigenvalue weighted by atomic mass is 35.5. The third-order valence-electron chi connectivity index (χ3n) is 4.37. The van der Waals surface area contributed by atoms with E-state index in [-0.39, 0.29) is 21.4 Å². The molecule has 0 N–H and O–H groups in total. The number of ketones is 1. The summed E-state index contributed by atoms with van der Waals surface area (Å²) in [5.74, 6) is 0.0778. The topological polar surface area (TPSA) is 88.4 Å². The second kappa shape index (κ2) is 11.2. The molecule has 1 aromatic rings. The summed E-state index contributed by atoms with van der Waals surface area (Å²) in [5.41, 5.74) is 0.974. The van der Waals surface area contributed by atoms with E-state index in [9.17, 15) is 20.6 Å². The molecule has 0 bridgehead atoms. The second-order valence-electron chi connectivity index (χ2n) is 6.66. The summed E-state index contributed by atoms with van der Waals surface area (Å²) in [6.07, 6.45) is 11.2. The van der Waals surface area contributed by atoms with Gasteiger partial charge in [0, 0.05) is 22.6 Å². The maximum absolute atomic E-state index is 11.4. The molecule has 152 valence electrons. The smallest absolute Gasteiger partial charge is 0.253 e. The van der Waals surface area contributed by atoms with Crippen LogP contribution in [0, 0.1) is 40.9 Å². The molecular weight excluding hydrogens is 417 g/mol. The molecule has 30 heavy (non-hydrogen) atoms. The molecular formula is C24H21Cl2N3O. The molecule has 0 aliphatic carbocycles. The van der Waals surface area contributed by atoms with Crippen LogP contribution in [-0.2, 0) is 10.2 Å². The van der Waals surface area contributed by atoms with Gasteiger partial charge < -0.3 is 0 Å². The Hall–Kier alpha value is -3.10. The zero-order valence-corrected chi connectivity index (χ0v) is 18.8. The minimum Gasteiger partial charge on any atom is -0.295 e. The van der Waals surface area contributed by atoms with Crippen molar-refractivity contribution < 1.29 is 4.79 Å². The number of rotatable bonds is 7. The number of hydrogen-bond acceptors (Lipinski definition) is 4. The molecule has 1 aromatic carbocycles. The number of halogens is 2. The molecule has 4 nitrogen and oxygen atoms in total. The summed E-state index contributed by atoms with van der Waals surface area (Å²) < 4.78 is 0. The Bertz CT molecular complexity index is 1050. The van der Waals surface area contributed by atoms with E-state index in [0.717, 1.165) is 11.1 Å². The van der Waals surface area contributed by atoms with E-state index in [1.54, 1.807) is 37.3 Å². The number of nitriles is 3. The Morgan fingerprint density at radius 1 is 1.10 bits per heavy atom. The average molecular weight is 438 g/mol. The first kappa shape index (κ1) is 24.9. The summed E-state index contributed by atoms with van der Waals surface area (Å²) in [6, 6.07) is 6.67. The van der Waals surface area contributed by atoms with E-state index in [0.29, 0.717) is 17.5 Å². The summed E-state index contributed by atoms with van der Waals surface area (Å²) in [4.78, 5) is 11.4. The summed E-state index contributed by atoms with van der Waals surface area (Å²) in [7, 11) is 0. The van der Waals surface area contributed by atoms with E-state index in [4.69, 9.17) is 23.2 Å². The monoisotopic (exact) mass is 437 g/mol. The number of carbonyl (C=O) groups is 1. The van der Waals surface area contributed by atoms with Crippen LogP contribution in [0.25, 0.3) is 6.08 Å². The first-order valence-electron chi connectivity index (χ1n) is 9.12. The first-order chi connectivity index (χ1) is 14.1. The largest absolute Gasteiger partial charge is 0.295 e. The van der Waals surface area contributed by atoms with Gasteiger partial charge in [0.05, 0.1) is 5.02 Å². The molecule has 0 saturated carbocycles. The van der Waals surface area contributed by atoms with Crippen molar-refractivity contribution in [2.24, 2.45) is 0 Å². The maximum atomic E-state index is 11.4. The number of nitrogens with zero attached hydrogens (tertiary/aromatic N) is 3. The van der Waals surface area contributed by atoms with Gasteiger partial charge in [-0.2, -0.15) is 15.8 Å². The van der Waals surface area contributed by atoms with Gasteiger partial charge in [-0.1, -0.05) is 66.1 Å². The van der Waals surface area contributed by atoms with Crippen LogP contribution in [0.5, 0.6) is 0 Å². The molecule has 0 saturated heterocycles. The minimum atomic E-state index is -1.97. The Morgan fingerprint density at radius 3 is 2.23 bits per heavy atom. The highest BCUT2D eigenvalue weighted by Crippen LogP contribution is 2.37. The van der Waals surface area contributed by atoms with Crippen molar-refractivity contribution in [1.82, 2.24) is 0 Å². The summed E-state index contributed by atoms with van der Waals surface area (Å²) in [6.45, 7) is 7.21. The van der Waals surface area contributed by atoms with Crippen LogP contribution in [0.2, 0.25) is 10.0 Å². The van der Waals surface area contributed by atoms with Gasteiger partial charge in [0.2, 0.25) is 0 Å². The minimum absolute atomic E-state index is 0.0778. The van der Waals surface area contributed by atoms with Gasteiger partial charge in [0.25, 0.3) is 5.41 Å². The van der Waals surface area contributed by atoms with Crippen LogP contribution >= 0.6 is 23.2 Å². The van der Waals surface area contributed by atoms with Gasteiger partial charge >= 0.3 is 0 Å². The molecule has 0 atom stereocenters. The normalized spacial score (nSPS) is 12.6. The van der Waals surface area contributed by atoms with Crippen molar-refractivity contribution in [3.8, 4) is 18.2 Å². The van der Waals surface area contributed by atoms with E-state index < -0.39 is 5.41 Å². The first-order valence-corrected chi connectivity index (χ1v) is 9.88. The van der Waals surface area contributed by atoms with Gasteiger partial charge in [-0.05, 0) is 44.1 Å². The lowest BCUT2D eigenvalue weighted by atomic mass is 9.81. The molecule has 0 unspecified atom stereocenters. The SMILES string of the molecule is CCC(=O)/C=C(C)/C=C/C=C(C)/C=C/c1c(Cl)cc(C(C#N)(C#N)C#N)c(C)c1Cl. The van der Waals surface area contributed by atoms with Crippen LogP contribution in [0.1, 0.15) is 43.9 Å². The Morgan fingerprint density at radius 2 is 1.70 bits per heavy atom. The van der Waals surface area contributed by atoms with Gasteiger partial charge in [-0.3, -0.25) is 4.79 Å². The molecule has 0 aromatic heterocycles. The molecule has 0 radical (unpaired) electrons. The fourth-order valence-electron chi connectivity index (χ4n) is 2.56. The Kier molecular flexibility index (Phi) is 9.29. The van der Waals surface area contributed by atoms with Crippen molar-refractivity contribution in [2.45, 2.75) is 39.5 Å². The zero-order valence-electron chi connectivity index (χ0n) is 17.3. The van der Waals surface area contributed by atoms with Gasteiger partial charge in [0.1, 0.15) is 18.2 Å². The molecule has 0 fully saturated rings. The Labute approximate surface area is 187 Å². The number of allylic oxidation sites excluding steroid dienone is 7. The standard InChI is InChI=1S/C24H21Cl2N3O/c1-5-19(30)11-17(3)8-6-7-16(2)9-10-20-22(25)12-21(18(4)23(20)26)24(13-27,14-28)15-29/h6-12H,5H2,1-4H3/b8-6+,10-9+,16-7+,17-11+. The lowest BCUT2D eigenvalue weighted by Gasteiger charge is -2.17. The maximum Gasteiger partial charge on any atom is 0.253 e. The molecule has 0 aliphatic rings. The van der Waals surface area contributed by atoms with Crippen LogP contribution < -0.4 is 0 Å². The lowest BCUT2D eigenvalue weighted by Crippen LogP contribution is -2.21. The van der Waals surface area contributed by atoms with Crippen molar-refractivity contribution in [3.63, 3.8) is 0 Å². The Balaban J connectivity index is 3.23. The summed E-state index contributed by atoms with van der Waals surface area (Å²) in [5, 5.41) is 28.5. The van der Waals surface area contributed by atoms with Gasteiger partial charge in [-0.25, -0.2) is 0 Å². The van der Waals surface area contributed by atoms with Crippen LogP contribution in [0.15, 0.2) is 47.6 Å². The van der Waals surface area contributed by atoms with Crippen LogP contribution in [0.3, 0.4) is 0 Å². The molecule has 0 aliphatic heterocycles. The highest BCUT2D eigenvalue weighted by molar-refractivity contribution is 6.37. The fraction of sp³-hybridized carbons (Fsp3) is 0.250. The van der Waals surface area contributed by atoms with E-state index >= 15 is 0 Å². The van der Waals surface area contributed by atoms with E-state index in [1.807, 2.05) is 45.1 Å². The highest BCUT2D eigenvalue weighted by Gasteiger charge is 2.35. The van der Waals surface area contributed by atoms with Crippen LogP contribution in [-0.4, -0.2) is 5.78 Å². The number of benzene rings is 1. The predicted octanol–water partition coefficient (Wildman–Crippen LogP) is 6.55. The van der Waals surface area contributed by atoms with Gasteiger partial charge in [-0.15, -0.1) is 0 Å². The third-order valence-corrected chi connectivity index (χ3v) is 5.17. The van der Waals surface area contributed by atoms with E-state index in [2.05, 4.69) is 0 Å². The van der Waals surface area contributed by atoms with Crippen molar-refractivity contribution in [2.75, 3.05) is 0 Å². The van der Waals surface area contributed by atoms with Crippen LogP contribution in [0.4, 0.5) is 0 Å². The molecule has 0 amide bonds. The molecule has 1 rings (SSSR count). The second-order valence-corrected chi connectivity index (χ2v) is 7.44.